The molecule has 0 saturated carbocycles. The normalized spacial score (nSPS) is 11.7. The van der Waals surface area contributed by atoms with Gasteiger partial charge in [-0.05, 0) is 12.1 Å². The van der Waals surface area contributed by atoms with Gasteiger partial charge in [-0.25, -0.2) is 4.98 Å². The fraction of sp³-hybridized carbons (Fsp3) is 0.286. The minimum atomic E-state index is -4.61. The molecule has 0 atom stereocenters. The van der Waals surface area contributed by atoms with Crippen molar-refractivity contribution in [3.8, 4) is 11.4 Å². The number of imidazole rings is 1. The van der Waals surface area contributed by atoms with Crippen LogP contribution in [0.3, 0.4) is 0 Å². The lowest BCUT2D eigenvalue weighted by Crippen LogP contribution is -2.18. The number of phenolic OH excluding ortho intramolecular Hbond substituents is 1. The molecule has 0 aliphatic rings. The Kier molecular flexibility index (Phi) is 4.11. The Morgan fingerprint density at radius 3 is 2.59 bits per heavy atom. The molecular weight excluding hydrogens is 299 g/mol. The molecule has 1 aromatic heterocycles. The summed E-state index contributed by atoms with van der Waals surface area (Å²) in [5.41, 5.74) is 0.223. The molecule has 1 heterocycles. The van der Waals surface area contributed by atoms with Crippen LogP contribution in [0.2, 0.25) is 0 Å². The molecule has 0 aliphatic carbocycles. The van der Waals surface area contributed by atoms with E-state index in [1.54, 1.807) is 13.8 Å². The maximum Gasteiger partial charge on any atom is 0.450 e. The SMILES string of the molecule is CC(C)C(=O)Nc1ccc(-n2ccnc2C(F)(F)F)cc1O. The standard InChI is InChI=1S/C14H14F3N3O2/c1-8(2)12(22)19-10-4-3-9(7-11(10)21)20-6-5-18-13(20)14(15,16)17/h3-8,21H,1-2H3,(H,19,22). The molecule has 2 aromatic rings. The largest absolute Gasteiger partial charge is 0.506 e. The number of nitrogens with one attached hydrogen (secondary N) is 1. The molecule has 0 fully saturated rings. The summed E-state index contributed by atoms with van der Waals surface area (Å²) in [6.45, 7) is 3.36. The zero-order valence-corrected chi connectivity index (χ0v) is 11.8. The summed E-state index contributed by atoms with van der Waals surface area (Å²) >= 11 is 0. The minimum absolute atomic E-state index is 0.0878. The van der Waals surface area contributed by atoms with Crippen LogP contribution in [0, 0.1) is 5.92 Å². The summed E-state index contributed by atoms with van der Waals surface area (Å²) in [6, 6.07) is 3.82. The molecule has 0 unspecified atom stereocenters. The highest BCUT2D eigenvalue weighted by Crippen LogP contribution is 2.32. The summed E-state index contributed by atoms with van der Waals surface area (Å²) in [4.78, 5) is 14.9. The number of carbonyl (C=O) groups excluding carboxylic acids is 1. The number of rotatable bonds is 3. The lowest BCUT2D eigenvalue weighted by Gasteiger charge is -2.13. The first-order valence-corrected chi connectivity index (χ1v) is 6.45. The molecule has 2 N–H and O–H groups in total. The van der Waals surface area contributed by atoms with Gasteiger partial charge in [-0.15, -0.1) is 0 Å². The minimum Gasteiger partial charge on any atom is -0.506 e. The first kappa shape index (κ1) is 15.9. The molecule has 0 saturated heterocycles. The van der Waals surface area contributed by atoms with Crippen molar-refractivity contribution in [1.82, 2.24) is 9.55 Å². The predicted molar refractivity (Wildman–Crippen MR) is 73.7 cm³/mol. The van der Waals surface area contributed by atoms with Crippen molar-refractivity contribution < 1.29 is 23.1 Å². The van der Waals surface area contributed by atoms with Crippen LogP contribution in [-0.4, -0.2) is 20.6 Å². The molecule has 5 nitrogen and oxygen atoms in total. The Labute approximate surface area is 124 Å². The van der Waals surface area contributed by atoms with Crippen LogP contribution in [0.4, 0.5) is 18.9 Å². The maximum atomic E-state index is 12.8. The molecule has 118 valence electrons. The number of alkyl halides is 3. The van der Waals surface area contributed by atoms with Gasteiger partial charge >= 0.3 is 6.18 Å². The van der Waals surface area contributed by atoms with Gasteiger partial charge in [0.1, 0.15) is 5.75 Å². The number of halogens is 3. The monoisotopic (exact) mass is 313 g/mol. The average molecular weight is 313 g/mol. The molecule has 8 heteroatoms. The van der Waals surface area contributed by atoms with E-state index in [0.29, 0.717) is 0 Å². The average Bonchev–Trinajstić information content (AvgIpc) is 2.90. The van der Waals surface area contributed by atoms with Crippen LogP contribution in [0.1, 0.15) is 19.7 Å². The smallest absolute Gasteiger partial charge is 0.450 e. The number of nitrogens with zero attached hydrogens (tertiary/aromatic N) is 2. The van der Waals surface area contributed by atoms with E-state index in [-0.39, 0.29) is 28.9 Å². The Bertz CT molecular complexity index is 693. The van der Waals surface area contributed by atoms with Gasteiger partial charge in [0, 0.05) is 24.4 Å². The van der Waals surface area contributed by atoms with Crippen LogP contribution in [-0.2, 0) is 11.0 Å². The Morgan fingerprint density at radius 1 is 1.36 bits per heavy atom. The van der Waals surface area contributed by atoms with Gasteiger partial charge < -0.3 is 10.4 Å². The van der Waals surface area contributed by atoms with Gasteiger partial charge in [-0.3, -0.25) is 9.36 Å². The van der Waals surface area contributed by atoms with E-state index < -0.39 is 12.0 Å². The van der Waals surface area contributed by atoms with Crippen LogP contribution >= 0.6 is 0 Å². The zero-order valence-electron chi connectivity index (χ0n) is 11.8. The third kappa shape index (κ3) is 3.21. The van der Waals surface area contributed by atoms with E-state index in [2.05, 4.69) is 10.3 Å². The maximum absolute atomic E-state index is 12.8. The number of anilines is 1. The predicted octanol–water partition coefficient (Wildman–Crippen LogP) is 3.19. The van der Waals surface area contributed by atoms with E-state index in [9.17, 15) is 23.1 Å². The lowest BCUT2D eigenvalue weighted by atomic mass is 10.2. The number of aromatic nitrogens is 2. The summed E-state index contributed by atoms with van der Waals surface area (Å²) in [7, 11) is 0. The molecule has 2 rings (SSSR count). The van der Waals surface area contributed by atoms with E-state index in [4.69, 9.17) is 0 Å². The van der Waals surface area contributed by atoms with Gasteiger partial charge in [0.05, 0.1) is 11.4 Å². The number of aromatic hydroxyl groups is 1. The molecule has 1 amide bonds. The fourth-order valence-corrected chi connectivity index (χ4v) is 1.77. The van der Waals surface area contributed by atoms with Crippen molar-refractivity contribution in [2.24, 2.45) is 5.92 Å². The Balaban J connectivity index is 2.35. The van der Waals surface area contributed by atoms with E-state index in [0.717, 1.165) is 23.0 Å². The molecule has 0 spiro atoms. The summed E-state index contributed by atoms with van der Waals surface area (Å²) in [5, 5.41) is 12.4. The second-order valence-electron chi connectivity index (χ2n) is 4.96. The first-order valence-electron chi connectivity index (χ1n) is 6.45. The second kappa shape index (κ2) is 5.70. The van der Waals surface area contributed by atoms with Crippen LogP contribution in [0.5, 0.6) is 5.75 Å². The molecule has 0 radical (unpaired) electrons. The van der Waals surface area contributed by atoms with Gasteiger partial charge in [0.2, 0.25) is 11.7 Å². The Morgan fingerprint density at radius 2 is 2.05 bits per heavy atom. The van der Waals surface area contributed by atoms with Gasteiger partial charge in [0.25, 0.3) is 0 Å². The zero-order chi connectivity index (χ0) is 16.5. The first-order chi connectivity index (χ1) is 10.2. The number of hydrogen-bond acceptors (Lipinski definition) is 3. The third-order valence-corrected chi connectivity index (χ3v) is 2.94. The highest BCUT2D eigenvalue weighted by molar-refractivity contribution is 5.93. The number of amides is 1. The third-order valence-electron chi connectivity index (χ3n) is 2.94. The molecule has 0 bridgehead atoms. The number of carbonyl (C=O) groups is 1. The van der Waals surface area contributed by atoms with Crippen molar-refractivity contribution in [2.75, 3.05) is 5.32 Å². The summed E-state index contributed by atoms with van der Waals surface area (Å²) < 4.78 is 39.2. The van der Waals surface area contributed by atoms with Crippen LogP contribution < -0.4 is 5.32 Å². The van der Waals surface area contributed by atoms with Crippen molar-refractivity contribution >= 4 is 11.6 Å². The Hall–Kier alpha value is -2.51. The fourth-order valence-electron chi connectivity index (χ4n) is 1.77. The quantitative estimate of drug-likeness (QED) is 0.855. The van der Waals surface area contributed by atoms with Crippen LogP contribution in [0.25, 0.3) is 5.69 Å². The van der Waals surface area contributed by atoms with Gasteiger partial charge in [-0.1, -0.05) is 13.8 Å². The molecule has 22 heavy (non-hydrogen) atoms. The second-order valence-corrected chi connectivity index (χ2v) is 4.96. The van der Waals surface area contributed by atoms with Crippen molar-refractivity contribution in [1.29, 1.82) is 0 Å². The van der Waals surface area contributed by atoms with Crippen LogP contribution in [0.15, 0.2) is 30.6 Å². The van der Waals surface area contributed by atoms with E-state index >= 15 is 0 Å². The van der Waals surface area contributed by atoms with Crippen molar-refractivity contribution in [3.63, 3.8) is 0 Å². The van der Waals surface area contributed by atoms with Gasteiger partial charge in [0.15, 0.2) is 0 Å². The number of benzene rings is 1. The lowest BCUT2D eigenvalue weighted by molar-refractivity contribution is -0.145. The highest BCUT2D eigenvalue weighted by atomic mass is 19.4. The molecule has 0 aliphatic heterocycles. The molecule has 1 aromatic carbocycles. The summed E-state index contributed by atoms with van der Waals surface area (Å²) in [6.07, 6.45) is -2.44. The topological polar surface area (TPSA) is 67.2 Å². The highest BCUT2D eigenvalue weighted by Gasteiger charge is 2.36. The van der Waals surface area contributed by atoms with E-state index in [1.807, 2.05) is 0 Å². The number of phenols is 1. The van der Waals surface area contributed by atoms with Gasteiger partial charge in [-0.2, -0.15) is 13.2 Å². The summed E-state index contributed by atoms with van der Waals surface area (Å²) in [5.74, 6) is -2.01. The van der Waals surface area contributed by atoms with E-state index in [1.165, 1.54) is 12.1 Å². The van der Waals surface area contributed by atoms with Crippen molar-refractivity contribution in [3.05, 3.63) is 36.4 Å². The molecular formula is C14H14F3N3O2. The van der Waals surface area contributed by atoms with Crippen molar-refractivity contribution in [2.45, 2.75) is 20.0 Å². The number of hydrogen-bond donors (Lipinski definition) is 2.